The van der Waals surface area contributed by atoms with E-state index in [1.54, 1.807) is 18.2 Å². The van der Waals surface area contributed by atoms with Crippen molar-refractivity contribution in [3.63, 3.8) is 0 Å². The predicted molar refractivity (Wildman–Crippen MR) is 102 cm³/mol. The van der Waals surface area contributed by atoms with E-state index in [0.29, 0.717) is 43.4 Å². The standard InChI is InChI=1S/C19H19N5O4/c1-2-26-13-6-7-16-14(10-13)22-19(25)24-17-12-21-15(11-20)18(23-17)28-9-5-3-4-8-27-16/h3-4,6-7,10,12H,2,5,8-9H2,1H3,(H2,22,23,24,25)/b4-3+. The van der Waals surface area contributed by atoms with E-state index in [4.69, 9.17) is 19.5 Å². The summed E-state index contributed by atoms with van der Waals surface area (Å²) in [5.74, 6) is 1.33. The first-order chi connectivity index (χ1) is 13.7. The van der Waals surface area contributed by atoms with Gasteiger partial charge in [0.2, 0.25) is 5.69 Å². The lowest BCUT2D eigenvalue weighted by Crippen LogP contribution is -2.21. The molecule has 0 saturated heterocycles. The molecule has 0 saturated carbocycles. The van der Waals surface area contributed by atoms with Crippen molar-refractivity contribution in [2.24, 2.45) is 0 Å². The maximum atomic E-state index is 12.4. The van der Waals surface area contributed by atoms with E-state index in [-0.39, 0.29) is 17.4 Å². The van der Waals surface area contributed by atoms with Crippen molar-refractivity contribution in [2.45, 2.75) is 13.3 Å². The topological polar surface area (TPSA) is 118 Å². The van der Waals surface area contributed by atoms with Gasteiger partial charge in [-0.2, -0.15) is 10.2 Å². The minimum atomic E-state index is -0.547. The molecule has 144 valence electrons. The lowest BCUT2D eigenvalue weighted by Gasteiger charge is -2.14. The molecule has 3 rings (SSSR count). The largest absolute Gasteiger partial charge is 0.494 e. The van der Waals surface area contributed by atoms with Crippen molar-refractivity contribution in [2.75, 3.05) is 30.5 Å². The first kappa shape index (κ1) is 19.0. The van der Waals surface area contributed by atoms with Gasteiger partial charge in [0.05, 0.1) is 25.1 Å². The molecule has 28 heavy (non-hydrogen) atoms. The molecule has 1 aliphatic rings. The number of aromatic nitrogens is 2. The Kier molecular flexibility index (Phi) is 6.25. The summed E-state index contributed by atoms with van der Waals surface area (Å²) < 4.78 is 16.7. The number of carbonyl (C=O) groups is 1. The fourth-order valence-electron chi connectivity index (χ4n) is 2.42. The number of nitrogens with one attached hydrogen (secondary N) is 2. The van der Waals surface area contributed by atoms with Crippen molar-refractivity contribution in [3.05, 3.63) is 42.2 Å². The normalized spacial score (nSPS) is 15.1. The molecular formula is C19H19N5O4. The minimum Gasteiger partial charge on any atom is -0.494 e. The molecule has 9 nitrogen and oxygen atoms in total. The number of rotatable bonds is 2. The zero-order chi connectivity index (χ0) is 19.8. The van der Waals surface area contributed by atoms with Crippen molar-refractivity contribution in [1.29, 1.82) is 5.26 Å². The summed E-state index contributed by atoms with van der Waals surface area (Å²) in [5.41, 5.74) is 0.499. The highest BCUT2D eigenvalue weighted by Crippen LogP contribution is 2.30. The third-order valence-corrected chi connectivity index (χ3v) is 3.62. The Morgan fingerprint density at radius 1 is 1.29 bits per heavy atom. The number of carbonyl (C=O) groups excluding carboxylic acids is 1. The molecule has 0 radical (unpaired) electrons. The summed E-state index contributed by atoms with van der Waals surface area (Å²) in [6.45, 7) is 3.00. The summed E-state index contributed by atoms with van der Waals surface area (Å²) in [7, 11) is 0. The fourth-order valence-corrected chi connectivity index (χ4v) is 2.42. The molecule has 2 aromatic rings. The van der Waals surface area contributed by atoms with E-state index in [1.807, 2.05) is 25.1 Å². The number of anilines is 2. The second kappa shape index (κ2) is 9.23. The Bertz CT molecular complexity index is 923. The highest BCUT2D eigenvalue weighted by molar-refractivity contribution is 6.00. The van der Waals surface area contributed by atoms with Crippen molar-refractivity contribution < 1.29 is 19.0 Å². The molecule has 0 spiro atoms. The van der Waals surface area contributed by atoms with Gasteiger partial charge in [-0.15, -0.1) is 0 Å². The van der Waals surface area contributed by atoms with E-state index >= 15 is 0 Å². The van der Waals surface area contributed by atoms with Crippen molar-refractivity contribution in [1.82, 2.24) is 9.97 Å². The molecule has 2 amide bonds. The van der Waals surface area contributed by atoms with Crippen LogP contribution in [0.1, 0.15) is 19.0 Å². The van der Waals surface area contributed by atoms with Crippen LogP contribution in [0.4, 0.5) is 16.3 Å². The van der Waals surface area contributed by atoms with E-state index in [9.17, 15) is 4.79 Å². The molecule has 2 heterocycles. The van der Waals surface area contributed by atoms with Crippen LogP contribution in [0.3, 0.4) is 0 Å². The zero-order valence-corrected chi connectivity index (χ0v) is 15.3. The van der Waals surface area contributed by atoms with E-state index in [1.165, 1.54) is 6.20 Å². The molecule has 9 heteroatoms. The molecule has 0 aliphatic carbocycles. The number of hydrogen-bond acceptors (Lipinski definition) is 7. The predicted octanol–water partition coefficient (Wildman–Crippen LogP) is 3.11. The van der Waals surface area contributed by atoms with Crippen LogP contribution >= 0.6 is 0 Å². The first-order valence-corrected chi connectivity index (χ1v) is 8.72. The van der Waals surface area contributed by atoms with Gasteiger partial charge in [-0.25, -0.2) is 9.78 Å². The third kappa shape index (κ3) is 4.88. The van der Waals surface area contributed by atoms with E-state index < -0.39 is 6.03 Å². The average Bonchev–Trinajstić information content (AvgIpc) is 2.69. The molecule has 1 aliphatic heterocycles. The van der Waals surface area contributed by atoms with Crippen molar-refractivity contribution >= 4 is 17.5 Å². The summed E-state index contributed by atoms with van der Waals surface area (Å²) in [6.07, 6.45) is 5.63. The van der Waals surface area contributed by atoms with Crippen LogP contribution in [-0.2, 0) is 0 Å². The molecular weight excluding hydrogens is 362 g/mol. The first-order valence-electron chi connectivity index (χ1n) is 8.72. The number of nitriles is 1. The zero-order valence-electron chi connectivity index (χ0n) is 15.3. The molecule has 1 aromatic heterocycles. The third-order valence-electron chi connectivity index (χ3n) is 3.62. The molecule has 1 aromatic carbocycles. The SMILES string of the molecule is CCOc1ccc2c(c1)NC(=O)Nc1cnc(C#N)c(n1)OCC/C=C/CO2. The van der Waals surface area contributed by atoms with E-state index in [0.717, 1.165) is 0 Å². The Balaban J connectivity index is 1.90. The van der Waals surface area contributed by atoms with Crippen LogP contribution in [0.25, 0.3) is 0 Å². The van der Waals surface area contributed by atoms with Gasteiger partial charge in [0, 0.05) is 6.07 Å². The summed E-state index contributed by atoms with van der Waals surface area (Å²) in [5, 5.41) is 14.4. The van der Waals surface area contributed by atoms with Gasteiger partial charge in [0.1, 0.15) is 24.2 Å². The van der Waals surface area contributed by atoms with Gasteiger partial charge in [-0.1, -0.05) is 12.2 Å². The number of benzene rings is 1. The van der Waals surface area contributed by atoms with Gasteiger partial charge in [-0.05, 0) is 25.5 Å². The monoisotopic (exact) mass is 381 g/mol. The smallest absolute Gasteiger partial charge is 0.325 e. The maximum Gasteiger partial charge on any atom is 0.325 e. The lowest BCUT2D eigenvalue weighted by molar-refractivity contribution is 0.262. The van der Waals surface area contributed by atoms with Gasteiger partial charge in [-0.3, -0.25) is 5.32 Å². The summed E-state index contributed by atoms with van der Waals surface area (Å²) >= 11 is 0. The number of nitrogens with zero attached hydrogens (tertiary/aromatic N) is 3. The van der Waals surface area contributed by atoms with Gasteiger partial charge < -0.3 is 19.5 Å². The van der Waals surface area contributed by atoms with Crippen LogP contribution in [-0.4, -0.2) is 35.8 Å². The molecule has 2 N–H and O–H groups in total. The van der Waals surface area contributed by atoms with Gasteiger partial charge in [0.15, 0.2) is 5.82 Å². The quantitative estimate of drug-likeness (QED) is 0.767. The van der Waals surface area contributed by atoms with E-state index in [2.05, 4.69) is 20.6 Å². The highest BCUT2D eigenvalue weighted by atomic mass is 16.5. The number of amides is 2. The second-order valence-corrected chi connectivity index (χ2v) is 5.61. The fraction of sp³-hybridized carbons (Fsp3) is 0.263. The molecule has 2 bridgehead atoms. The number of urea groups is 1. The Morgan fingerprint density at radius 2 is 2.18 bits per heavy atom. The van der Waals surface area contributed by atoms with Gasteiger partial charge >= 0.3 is 6.03 Å². The molecule has 0 atom stereocenters. The Morgan fingerprint density at radius 3 is 3.00 bits per heavy atom. The van der Waals surface area contributed by atoms with Crippen molar-refractivity contribution in [3.8, 4) is 23.4 Å². The highest BCUT2D eigenvalue weighted by Gasteiger charge is 2.13. The molecule has 0 fully saturated rings. The van der Waals surface area contributed by atoms with Crippen LogP contribution in [0.5, 0.6) is 17.4 Å². The van der Waals surface area contributed by atoms with Crippen LogP contribution in [0, 0.1) is 11.3 Å². The summed E-state index contributed by atoms with van der Waals surface area (Å²) in [6, 6.07) is 6.55. The summed E-state index contributed by atoms with van der Waals surface area (Å²) in [4.78, 5) is 20.5. The van der Waals surface area contributed by atoms with Crippen LogP contribution < -0.4 is 24.8 Å². The van der Waals surface area contributed by atoms with Crippen LogP contribution in [0.2, 0.25) is 0 Å². The number of fused-ring (bicyclic) bond motifs is 3. The average molecular weight is 381 g/mol. The lowest BCUT2D eigenvalue weighted by atomic mass is 10.2. The number of hydrogen-bond donors (Lipinski definition) is 2. The maximum absolute atomic E-state index is 12.4. The van der Waals surface area contributed by atoms with Crippen LogP contribution in [0.15, 0.2) is 36.5 Å². The van der Waals surface area contributed by atoms with Gasteiger partial charge in [0.25, 0.3) is 5.88 Å². The Labute approximate surface area is 162 Å². The second-order valence-electron chi connectivity index (χ2n) is 5.61. The number of ether oxygens (including phenoxy) is 3. The Hall–Kier alpha value is -3.80. The minimum absolute atomic E-state index is 0.0503. The molecule has 0 unspecified atom stereocenters.